The van der Waals surface area contributed by atoms with Crippen LogP contribution in [-0.4, -0.2) is 62.5 Å². The molecule has 1 aliphatic heterocycles. The van der Waals surface area contributed by atoms with Crippen LogP contribution < -0.4 is 4.90 Å². The number of halogens is 4. The van der Waals surface area contributed by atoms with E-state index in [2.05, 4.69) is 21.8 Å². The summed E-state index contributed by atoms with van der Waals surface area (Å²) < 4.78 is 40.5. The number of thioether (sulfide) groups is 1. The quantitative estimate of drug-likeness (QED) is 0.437. The minimum atomic E-state index is -4.49. The minimum Gasteiger partial charge on any atom is -0.352 e. The van der Waals surface area contributed by atoms with Gasteiger partial charge in [0.25, 0.3) is 0 Å². The van der Waals surface area contributed by atoms with E-state index in [0.717, 1.165) is 30.9 Å². The van der Waals surface area contributed by atoms with Gasteiger partial charge in [0.05, 0.1) is 16.3 Å². The Labute approximate surface area is 192 Å². The van der Waals surface area contributed by atoms with Crippen LogP contribution in [0.1, 0.15) is 30.1 Å². The van der Waals surface area contributed by atoms with Crippen molar-refractivity contribution in [1.29, 1.82) is 0 Å². The Morgan fingerprint density at radius 2 is 1.97 bits per heavy atom. The number of allylic oxidation sites excluding steroid dienone is 1. The van der Waals surface area contributed by atoms with E-state index in [1.807, 2.05) is 4.57 Å². The van der Waals surface area contributed by atoms with Crippen LogP contribution in [0.3, 0.4) is 0 Å². The van der Waals surface area contributed by atoms with Crippen molar-refractivity contribution in [1.82, 2.24) is 24.6 Å². The van der Waals surface area contributed by atoms with Gasteiger partial charge in [-0.15, -0.1) is 16.8 Å². The van der Waals surface area contributed by atoms with E-state index in [-0.39, 0.29) is 16.7 Å². The van der Waals surface area contributed by atoms with Crippen molar-refractivity contribution in [3.8, 4) is 0 Å². The molecule has 1 saturated heterocycles. The van der Waals surface area contributed by atoms with E-state index in [1.54, 1.807) is 15.9 Å². The van der Waals surface area contributed by atoms with E-state index in [4.69, 9.17) is 11.6 Å². The van der Waals surface area contributed by atoms with Gasteiger partial charge in [0, 0.05) is 44.8 Å². The number of nitrogens with zero attached hydrogens (tertiary/aromatic N) is 6. The number of pyridine rings is 1. The number of aromatic nitrogens is 4. The number of carbonyl (C=O) groups is 1. The van der Waals surface area contributed by atoms with Gasteiger partial charge >= 0.3 is 6.18 Å². The highest BCUT2D eigenvalue weighted by Gasteiger charge is 2.33. The molecule has 172 valence electrons. The maximum Gasteiger partial charge on any atom is 0.417 e. The summed E-state index contributed by atoms with van der Waals surface area (Å²) >= 11 is 7.40. The number of anilines is 1. The summed E-state index contributed by atoms with van der Waals surface area (Å²) in [5.41, 5.74) is -0.883. The summed E-state index contributed by atoms with van der Waals surface area (Å²) in [6, 6.07) is 0.882. The first-order chi connectivity index (χ1) is 15.3. The van der Waals surface area contributed by atoms with E-state index < -0.39 is 11.7 Å². The second kappa shape index (κ2) is 9.30. The molecule has 32 heavy (non-hydrogen) atoms. The van der Waals surface area contributed by atoms with Crippen LogP contribution in [0.25, 0.3) is 0 Å². The highest BCUT2D eigenvalue weighted by Crippen LogP contribution is 2.40. The van der Waals surface area contributed by atoms with Gasteiger partial charge in [0.1, 0.15) is 11.6 Å². The largest absolute Gasteiger partial charge is 0.417 e. The fourth-order valence-electron chi connectivity index (χ4n) is 3.55. The lowest BCUT2D eigenvalue weighted by molar-refractivity contribution is -0.137. The summed E-state index contributed by atoms with van der Waals surface area (Å²) in [4.78, 5) is 20.1. The first-order valence-electron chi connectivity index (χ1n) is 10.2. The first kappa shape index (κ1) is 22.9. The van der Waals surface area contributed by atoms with Crippen LogP contribution in [0.4, 0.5) is 19.0 Å². The lowest BCUT2D eigenvalue weighted by Crippen LogP contribution is -2.49. The molecular weight excluding hydrogens is 465 g/mol. The molecule has 0 bridgehead atoms. The molecule has 1 saturated carbocycles. The van der Waals surface area contributed by atoms with Gasteiger partial charge in [-0.3, -0.25) is 4.79 Å². The fourth-order valence-corrected chi connectivity index (χ4v) is 4.70. The number of hydrogen-bond donors (Lipinski definition) is 0. The third-order valence-electron chi connectivity index (χ3n) is 5.41. The highest BCUT2D eigenvalue weighted by molar-refractivity contribution is 7.99. The van der Waals surface area contributed by atoms with Crippen molar-refractivity contribution in [2.24, 2.45) is 0 Å². The maximum atomic E-state index is 12.8. The van der Waals surface area contributed by atoms with Crippen molar-refractivity contribution in [3.05, 3.63) is 41.3 Å². The average molecular weight is 487 g/mol. The number of carbonyl (C=O) groups excluding carboxylic acids is 1. The number of piperazine rings is 1. The summed E-state index contributed by atoms with van der Waals surface area (Å²) in [6.45, 7) is 6.14. The lowest BCUT2D eigenvalue weighted by Gasteiger charge is -2.35. The van der Waals surface area contributed by atoms with E-state index in [9.17, 15) is 18.0 Å². The Balaban J connectivity index is 1.32. The molecule has 2 aliphatic rings. The van der Waals surface area contributed by atoms with Gasteiger partial charge < -0.3 is 14.4 Å². The zero-order valence-electron chi connectivity index (χ0n) is 17.2. The van der Waals surface area contributed by atoms with Crippen molar-refractivity contribution in [2.75, 3.05) is 36.8 Å². The molecule has 12 heteroatoms. The number of alkyl halides is 3. The van der Waals surface area contributed by atoms with Gasteiger partial charge in [-0.1, -0.05) is 29.4 Å². The third-order valence-corrected chi connectivity index (χ3v) is 6.64. The lowest BCUT2D eigenvalue weighted by atomic mass is 10.2. The van der Waals surface area contributed by atoms with Crippen molar-refractivity contribution in [2.45, 2.75) is 36.6 Å². The molecule has 0 spiro atoms. The van der Waals surface area contributed by atoms with Crippen LogP contribution in [0.15, 0.2) is 30.1 Å². The molecule has 0 radical (unpaired) electrons. The highest BCUT2D eigenvalue weighted by atomic mass is 35.5. The molecule has 3 heterocycles. The van der Waals surface area contributed by atoms with Gasteiger partial charge in [-0.2, -0.15) is 13.2 Å². The van der Waals surface area contributed by atoms with Gasteiger partial charge in [0.2, 0.25) is 5.91 Å². The molecule has 2 aromatic heterocycles. The molecule has 0 aromatic carbocycles. The van der Waals surface area contributed by atoms with Crippen molar-refractivity contribution < 1.29 is 18.0 Å². The van der Waals surface area contributed by atoms with E-state index >= 15 is 0 Å². The summed E-state index contributed by atoms with van der Waals surface area (Å²) in [6.07, 6.45) is 0.306. The number of hydrogen-bond acceptors (Lipinski definition) is 6. The van der Waals surface area contributed by atoms with Gasteiger partial charge in [0.15, 0.2) is 5.16 Å². The van der Waals surface area contributed by atoms with Crippen LogP contribution in [-0.2, 0) is 17.5 Å². The summed E-state index contributed by atoms with van der Waals surface area (Å²) in [7, 11) is 0. The standard InChI is InChI=1S/C20H22ClF3N6OS/c1-2-5-30-17(13-3-4-13)26-27-19(30)32-12-16(31)28-6-8-29(9-7-28)18-15(21)10-14(11-25-18)20(22,23)24/h2,10-11,13H,1,3-9,12H2. The van der Waals surface area contributed by atoms with Crippen LogP contribution in [0.2, 0.25) is 5.02 Å². The van der Waals surface area contributed by atoms with Gasteiger partial charge in [-0.05, 0) is 18.9 Å². The Morgan fingerprint density at radius 1 is 1.25 bits per heavy atom. The number of amides is 1. The second-order valence-electron chi connectivity index (χ2n) is 7.70. The second-order valence-corrected chi connectivity index (χ2v) is 9.05. The third kappa shape index (κ3) is 5.03. The fraction of sp³-hybridized carbons (Fsp3) is 0.500. The zero-order valence-corrected chi connectivity index (χ0v) is 18.8. The van der Waals surface area contributed by atoms with Crippen molar-refractivity contribution >= 4 is 35.1 Å². The summed E-state index contributed by atoms with van der Waals surface area (Å²) in [5, 5.41) is 9.18. The van der Waals surface area contributed by atoms with Crippen LogP contribution in [0.5, 0.6) is 0 Å². The minimum absolute atomic E-state index is 0.0257. The Kier molecular flexibility index (Phi) is 6.66. The average Bonchev–Trinajstić information content (AvgIpc) is 3.53. The smallest absolute Gasteiger partial charge is 0.352 e. The van der Waals surface area contributed by atoms with E-state index in [0.29, 0.717) is 49.6 Å². The summed E-state index contributed by atoms with van der Waals surface area (Å²) in [5.74, 6) is 1.91. The molecule has 1 amide bonds. The zero-order chi connectivity index (χ0) is 22.9. The predicted molar refractivity (Wildman–Crippen MR) is 116 cm³/mol. The predicted octanol–water partition coefficient (Wildman–Crippen LogP) is 3.85. The monoisotopic (exact) mass is 486 g/mol. The molecule has 7 nitrogen and oxygen atoms in total. The topological polar surface area (TPSA) is 67.2 Å². The Morgan fingerprint density at radius 3 is 2.56 bits per heavy atom. The van der Waals surface area contributed by atoms with Gasteiger partial charge in [-0.25, -0.2) is 4.98 Å². The molecule has 0 atom stereocenters. The molecule has 4 rings (SSSR count). The Bertz CT molecular complexity index is 1000. The molecule has 2 fully saturated rings. The molecule has 0 unspecified atom stereocenters. The van der Waals surface area contributed by atoms with Crippen LogP contribution >= 0.6 is 23.4 Å². The normalized spacial score (nSPS) is 17.0. The molecule has 2 aromatic rings. The first-order valence-corrected chi connectivity index (χ1v) is 11.6. The Hall–Kier alpha value is -2.27. The van der Waals surface area contributed by atoms with Crippen molar-refractivity contribution in [3.63, 3.8) is 0 Å². The maximum absolute atomic E-state index is 12.8. The van der Waals surface area contributed by atoms with E-state index in [1.165, 1.54) is 11.8 Å². The number of rotatable bonds is 7. The molecule has 0 N–H and O–H groups in total. The van der Waals surface area contributed by atoms with Crippen LogP contribution in [0, 0.1) is 0 Å². The molecule has 1 aliphatic carbocycles. The SMILES string of the molecule is C=CCn1c(SCC(=O)N2CCN(c3ncc(C(F)(F)F)cc3Cl)CC2)nnc1C1CC1. The molecular formula is C20H22ClF3N6OS.